The van der Waals surface area contributed by atoms with Gasteiger partial charge in [-0.2, -0.15) is 4.98 Å². The first kappa shape index (κ1) is 19.7. The van der Waals surface area contributed by atoms with Crippen molar-refractivity contribution in [3.63, 3.8) is 0 Å². The molecule has 156 valence electrons. The first-order valence-electron chi connectivity index (χ1n) is 9.78. The molecule has 1 amide bonds. The molecule has 1 aliphatic heterocycles. The van der Waals surface area contributed by atoms with E-state index in [1.807, 2.05) is 37.1 Å². The summed E-state index contributed by atoms with van der Waals surface area (Å²) < 4.78 is 12.4. The number of amides is 1. The minimum Gasteiger partial charge on any atom is -0.454 e. The van der Waals surface area contributed by atoms with E-state index in [2.05, 4.69) is 20.3 Å². The summed E-state index contributed by atoms with van der Waals surface area (Å²) in [5.74, 6) is 2.89. The number of benzene rings is 1. The maximum Gasteiger partial charge on any atom is 0.236 e. The van der Waals surface area contributed by atoms with Crippen LogP contribution in [-0.2, 0) is 11.3 Å². The Morgan fingerprint density at radius 2 is 2.17 bits per heavy atom. The zero-order valence-electron chi connectivity index (χ0n) is 17.0. The molecule has 0 radical (unpaired) electrons. The third-order valence-corrected chi connectivity index (χ3v) is 4.85. The summed E-state index contributed by atoms with van der Waals surface area (Å²) >= 11 is 0. The van der Waals surface area contributed by atoms with E-state index in [1.165, 1.54) is 0 Å². The molecule has 0 atom stereocenters. The number of hydrogen-bond donors (Lipinski definition) is 1. The molecule has 0 bridgehead atoms. The molecule has 0 saturated carbocycles. The van der Waals surface area contributed by atoms with Crippen molar-refractivity contribution in [2.45, 2.75) is 26.3 Å². The highest BCUT2D eigenvalue weighted by Gasteiger charge is 2.14. The maximum absolute atomic E-state index is 12.2. The van der Waals surface area contributed by atoms with E-state index in [0.29, 0.717) is 31.9 Å². The molecule has 1 aliphatic rings. The second-order valence-corrected chi connectivity index (χ2v) is 7.14. The van der Waals surface area contributed by atoms with Gasteiger partial charge in [-0.25, -0.2) is 9.97 Å². The van der Waals surface area contributed by atoms with Gasteiger partial charge >= 0.3 is 0 Å². The van der Waals surface area contributed by atoms with Crippen molar-refractivity contribution in [3.8, 4) is 17.4 Å². The topological polar surface area (TPSA) is 94.4 Å². The van der Waals surface area contributed by atoms with Gasteiger partial charge in [0.25, 0.3) is 0 Å². The fraction of sp³-hybridized carbons (Fsp3) is 0.333. The number of rotatable bonds is 8. The van der Waals surface area contributed by atoms with Crippen molar-refractivity contribution >= 4 is 11.7 Å². The van der Waals surface area contributed by atoms with Crippen LogP contribution in [0.2, 0.25) is 0 Å². The number of nitrogens with one attached hydrogen (secondary N) is 1. The summed E-state index contributed by atoms with van der Waals surface area (Å²) in [5.41, 5.74) is 1.96. The van der Waals surface area contributed by atoms with Gasteiger partial charge in [0.15, 0.2) is 11.5 Å². The molecule has 9 heteroatoms. The summed E-state index contributed by atoms with van der Waals surface area (Å²) in [5, 5.41) is 2.95. The summed E-state index contributed by atoms with van der Waals surface area (Å²) in [6.45, 7) is 3.39. The monoisotopic (exact) mass is 408 g/mol. The molecule has 30 heavy (non-hydrogen) atoms. The van der Waals surface area contributed by atoms with Crippen LogP contribution < -0.4 is 19.7 Å². The second kappa shape index (κ2) is 8.81. The fourth-order valence-corrected chi connectivity index (χ4v) is 3.23. The first-order valence-corrected chi connectivity index (χ1v) is 9.78. The molecule has 1 aromatic carbocycles. The van der Waals surface area contributed by atoms with Gasteiger partial charge in [0.2, 0.25) is 18.6 Å². The van der Waals surface area contributed by atoms with Crippen LogP contribution in [0, 0.1) is 6.92 Å². The standard InChI is InChI=1S/C21H24N6O3/c1-15-11-24-21(27-9-7-22-13-27)25-20(15)26(2)8-3-4-19(28)23-12-16-5-6-17-18(10-16)30-14-29-17/h5-7,9-11,13H,3-4,8,12,14H2,1-2H3,(H,23,28). The van der Waals surface area contributed by atoms with Crippen LogP contribution in [0.3, 0.4) is 0 Å². The Hall–Kier alpha value is -3.62. The Morgan fingerprint density at radius 1 is 1.30 bits per heavy atom. The number of hydrogen-bond acceptors (Lipinski definition) is 7. The summed E-state index contributed by atoms with van der Waals surface area (Å²) in [6, 6.07) is 5.68. The largest absolute Gasteiger partial charge is 0.454 e. The van der Waals surface area contributed by atoms with E-state index in [9.17, 15) is 4.79 Å². The van der Waals surface area contributed by atoms with Crippen molar-refractivity contribution in [2.24, 2.45) is 0 Å². The molecule has 2 aromatic heterocycles. The van der Waals surface area contributed by atoms with Gasteiger partial charge in [-0.1, -0.05) is 6.07 Å². The van der Waals surface area contributed by atoms with E-state index >= 15 is 0 Å². The van der Waals surface area contributed by atoms with Gasteiger partial charge in [0, 0.05) is 50.7 Å². The van der Waals surface area contributed by atoms with Crippen LogP contribution >= 0.6 is 0 Å². The van der Waals surface area contributed by atoms with E-state index < -0.39 is 0 Å². The van der Waals surface area contributed by atoms with Crippen molar-refractivity contribution in [1.29, 1.82) is 0 Å². The van der Waals surface area contributed by atoms with E-state index in [0.717, 1.165) is 28.4 Å². The third kappa shape index (κ3) is 4.51. The molecule has 0 fully saturated rings. The Kier molecular flexibility index (Phi) is 5.78. The maximum atomic E-state index is 12.2. The highest BCUT2D eigenvalue weighted by Crippen LogP contribution is 2.32. The fourth-order valence-electron chi connectivity index (χ4n) is 3.23. The molecular weight excluding hydrogens is 384 g/mol. The molecule has 1 N–H and O–H groups in total. The Bertz CT molecular complexity index is 1020. The van der Waals surface area contributed by atoms with Crippen molar-refractivity contribution < 1.29 is 14.3 Å². The molecule has 3 aromatic rings. The summed E-state index contributed by atoms with van der Waals surface area (Å²) in [6.07, 6.45) is 8.11. The van der Waals surface area contributed by atoms with Crippen LogP contribution in [-0.4, -0.2) is 45.8 Å². The average Bonchev–Trinajstić information content (AvgIpc) is 3.44. The Balaban J connectivity index is 1.26. The number of anilines is 1. The van der Waals surface area contributed by atoms with Gasteiger partial charge in [0.05, 0.1) is 0 Å². The van der Waals surface area contributed by atoms with Crippen molar-refractivity contribution in [2.75, 3.05) is 25.3 Å². The first-order chi connectivity index (χ1) is 14.6. The van der Waals surface area contributed by atoms with Gasteiger partial charge in [-0.05, 0) is 31.0 Å². The molecular formula is C21H24N6O3. The minimum absolute atomic E-state index is 0.0135. The number of fused-ring (bicyclic) bond motifs is 1. The number of carbonyl (C=O) groups excluding carboxylic acids is 1. The summed E-state index contributed by atoms with van der Waals surface area (Å²) in [4.78, 5) is 27.3. The number of aromatic nitrogens is 4. The number of aryl methyl sites for hydroxylation is 1. The second-order valence-electron chi connectivity index (χ2n) is 7.14. The van der Waals surface area contributed by atoms with E-state index in [-0.39, 0.29) is 12.7 Å². The molecule has 4 rings (SSSR count). The smallest absolute Gasteiger partial charge is 0.236 e. The zero-order valence-corrected chi connectivity index (χ0v) is 17.0. The van der Waals surface area contributed by atoms with E-state index in [4.69, 9.17) is 9.47 Å². The zero-order chi connectivity index (χ0) is 20.9. The van der Waals surface area contributed by atoms with Crippen LogP contribution in [0.4, 0.5) is 5.82 Å². The lowest BCUT2D eigenvalue weighted by molar-refractivity contribution is -0.121. The lowest BCUT2D eigenvalue weighted by atomic mass is 10.2. The molecule has 0 unspecified atom stereocenters. The molecule has 0 spiro atoms. The quantitative estimate of drug-likeness (QED) is 0.611. The predicted octanol–water partition coefficient (Wildman–Crippen LogP) is 2.23. The number of nitrogens with zero attached hydrogens (tertiary/aromatic N) is 5. The molecule has 0 saturated heterocycles. The van der Waals surface area contributed by atoms with Crippen LogP contribution in [0.1, 0.15) is 24.0 Å². The average molecular weight is 408 g/mol. The van der Waals surface area contributed by atoms with E-state index in [1.54, 1.807) is 29.5 Å². The van der Waals surface area contributed by atoms with Crippen LogP contribution in [0.15, 0.2) is 43.1 Å². The van der Waals surface area contributed by atoms with Crippen LogP contribution in [0.25, 0.3) is 5.95 Å². The Morgan fingerprint density at radius 3 is 3.00 bits per heavy atom. The van der Waals surface area contributed by atoms with Crippen molar-refractivity contribution in [3.05, 3.63) is 54.2 Å². The normalized spacial score (nSPS) is 12.1. The van der Waals surface area contributed by atoms with Gasteiger partial charge in [-0.3, -0.25) is 9.36 Å². The van der Waals surface area contributed by atoms with Gasteiger partial charge in [0.1, 0.15) is 12.1 Å². The lowest BCUT2D eigenvalue weighted by Gasteiger charge is -2.20. The number of imidazole rings is 1. The Labute approximate surface area is 174 Å². The lowest BCUT2D eigenvalue weighted by Crippen LogP contribution is -2.26. The highest BCUT2D eigenvalue weighted by atomic mass is 16.7. The SMILES string of the molecule is Cc1cnc(-n2ccnc2)nc1N(C)CCCC(=O)NCc1ccc2c(c1)OCO2. The van der Waals surface area contributed by atoms with Crippen LogP contribution in [0.5, 0.6) is 11.5 Å². The van der Waals surface area contributed by atoms with Gasteiger partial charge < -0.3 is 19.7 Å². The number of carbonyl (C=O) groups is 1. The van der Waals surface area contributed by atoms with Gasteiger partial charge in [-0.15, -0.1) is 0 Å². The molecule has 3 heterocycles. The third-order valence-electron chi connectivity index (χ3n) is 4.85. The number of ether oxygens (including phenoxy) is 2. The minimum atomic E-state index is 0.0135. The predicted molar refractivity (Wildman–Crippen MR) is 111 cm³/mol. The molecule has 9 nitrogen and oxygen atoms in total. The highest BCUT2D eigenvalue weighted by molar-refractivity contribution is 5.75. The molecule has 0 aliphatic carbocycles. The summed E-state index contributed by atoms with van der Waals surface area (Å²) in [7, 11) is 1.97. The van der Waals surface area contributed by atoms with Crippen molar-refractivity contribution in [1.82, 2.24) is 24.8 Å².